The average molecular weight is 226 g/mol. The molecule has 1 rings (SSSR count). The van der Waals surface area contributed by atoms with Gasteiger partial charge in [0, 0.05) is 17.5 Å². The number of thiazole rings is 1. The van der Waals surface area contributed by atoms with Gasteiger partial charge in [-0.1, -0.05) is 20.3 Å². The van der Waals surface area contributed by atoms with Crippen molar-refractivity contribution in [2.75, 3.05) is 0 Å². The maximum atomic E-state index is 4.58. The Morgan fingerprint density at radius 3 is 2.73 bits per heavy atom. The third kappa shape index (κ3) is 3.92. The molecule has 0 aliphatic carbocycles. The van der Waals surface area contributed by atoms with E-state index in [1.54, 1.807) is 0 Å². The van der Waals surface area contributed by atoms with E-state index in [2.05, 4.69) is 38.0 Å². The molecule has 0 radical (unpaired) electrons. The lowest BCUT2D eigenvalue weighted by atomic mass is 10.2. The monoisotopic (exact) mass is 226 g/mol. The van der Waals surface area contributed by atoms with Crippen molar-refractivity contribution in [2.45, 2.75) is 59.5 Å². The molecule has 0 aliphatic rings. The minimum absolute atomic E-state index is 0.599. The maximum Gasteiger partial charge on any atom is 0.0900 e. The first-order valence-corrected chi connectivity index (χ1v) is 6.67. The third-order valence-corrected chi connectivity index (χ3v) is 3.61. The van der Waals surface area contributed by atoms with Crippen molar-refractivity contribution in [3.8, 4) is 0 Å². The molecule has 0 saturated carbocycles. The third-order valence-electron chi connectivity index (χ3n) is 2.60. The number of aryl methyl sites for hydroxylation is 2. The van der Waals surface area contributed by atoms with Gasteiger partial charge in [0.15, 0.2) is 0 Å². The molecule has 1 aromatic heterocycles. The molecule has 1 N–H and O–H groups in total. The van der Waals surface area contributed by atoms with Crippen molar-refractivity contribution >= 4 is 11.3 Å². The summed E-state index contributed by atoms with van der Waals surface area (Å²) in [5.41, 5.74) is 1.30. The van der Waals surface area contributed by atoms with Crippen molar-refractivity contribution in [3.63, 3.8) is 0 Å². The van der Waals surface area contributed by atoms with E-state index in [4.69, 9.17) is 0 Å². The van der Waals surface area contributed by atoms with Gasteiger partial charge in [0.2, 0.25) is 0 Å². The van der Waals surface area contributed by atoms with Gasteiger partial charge in [0.1, 0.15) is 0 Å². The molecule has 0 fully saturated rings. The number of hydrogen-bond donors (Lipinski definition) is 1. The molecular weight excluding hydrogens is 204 g/mol. The summed E-state index contributed by atoms with van der Waals surface area (Å²) in [6.07, 6.45) is 3.47. The van der Waals surface area contributed by atoms with E-state index in [0.29, 0.717) is 6.04 Å². The topological polar surface area (TPSA) is 24.9 Å². The van der Waals surface area contributed by atoms with Crippen LogP contribution in [0.3, 0.4) is 0 Å². The Balaban J connectivity index is 2.58. The molecule has 0 bridgehead atoms. The molecule has 0 aromatic carbocycles. The molecule has 15 heavy (non-hydrogen) atoms. The first-order valence-electron chi connectivity index (χ1n) is 5.85. The summed E-state index contributed by atoms with van der Waals surface area (Å²) in [7, 11) is 0. The second kappa shape index (κ2) is 6.23. The fourth-order valence-corrected chi connectivity index (χ4v) is 2.43. The summed E-state index contributed by atoms with van der Waals surface area (Å²) in [6.45, 7) is 9.73. The molecule has 1 heterocycles. The van der Waals surface area contributed by atoms with Crippen LogP contribution in [0.25, 0.3) is 0 Å². The number of nitrogens with one attached hydrogen (secondary N) is 1. The predicted octanol–water partition coefficient (Wildman–Crippen LogP) is 3.29. The molecule has 1 unspecified atom stereocenters. The van der Waals surface area contributed by atoms with Crippen molar-refractivity contribution < 1.29 is 0 Å². The van der Waals surface area contributed by atoms with Gasteiger partial charge < -0.3 is 5.32 Å². The fraction of sp³-hybridized carbons (Fsp3) is 0.750. The standard InChI is InChI=1S/C12H22N2S/c1-5-7-11-12(15-10(4)14-11)8-13-9(3)6-2/h9,13H,5-8H2,1-4H3. The van der Waals surface area contributed by atoms with Crippen LogP contribution in [0, 0.1) is 6.92 Å². The highest BCUT2D eigenvalue weighted by molar-refractivity contribution is 7.11. The highest BCUT2D eigenvalue weighted by atomic mass is 32.1. The van der Waals surface area contributed by atoms with Crippen LogP contribution in [0.4, 0.5) is 0 Å². The van der Waals surface area contributed by atoms with Crippen LogP contribution in [0.2, 0.25) is 0 Å². The highest BCUT2D eigenvalue weighted by Gasteiger charge is 2.08. The van der Waals surface area contributed by atoms with Crippen molar-refractivity contribution in [2.24, 2.45) is 0 Å². The van der Waals surface area contributed by atoms with Crippen LogP contribution in [0.1, 0.15) is 49.2 Å². The van der Waals surface area contributed by atoms with Gasteiger partial charge >= 0.3 is 0 Å². The molecule has 1 aromatic rings. The van der Waals surface area contributed by atoms with Gasteiger partial charge in [-0.05, 0) is 26.7 Å². The van der Waals surface area contributed by atoms with Gasteiger partial charge in [0.25, 0.3) is 0 Å². The molecule has 0 amide bonds. The molecule has 2 nitrogen and oxygen atoms in total. The van der Waals surface area contributed by atoms with Gasteiger partial charge in [-0.25, -0.2) is 4.98 Å². The lowest BCUT2D eigenvalue weighted by Crippen LogP contribution is -2.24. The first-order chi connectivity index (χ1) is 7.17. The van der Waals surface area contributed by atoms with Crippen molar-refractivity contribution in [3.05, 3.63) is 15.6 Å². The number of nitrogens with zero attached hydrogens (tertiary/aromatic N) is 1. The van der Waals surface area contributed by atoms with E-state index in [1.165, 1.54) is 28.4 Å². The zero-order valence-electron chi connectivity index (χ0n) is 10.3. The van der Waals surface area contributed by atoms with E-state index in [0.717, 1.165) is 13.0 Å². The number of hydrogen-bond acceptors (Lipinski definition) is 3. The molecular formula is C12H22N2S. The van der Waals surface area contributed by atoms with Gasteiger partial charge in [-0.3, -0.25) is 0 Å². The average Bonchev–Trinajstić information content (AvgIpc) is 2.56. The second-order valence-electron chi connectivity index (χ2n) is 4.04. The summed E-state index contributed by atoms with van der Waals surface area (Å²) in [4.78, 5) is 6.01. The van der Waals surface area contributed by atoms with Gasteiger partial charge in [0.05, 0.1) is 10.7 Å². The lowest BCUT2D eigenvalue weighted by molar-refractivity contribution is 0.535. The minimum atomic E-state index is 0.599. The number of aromatic nitrogens is 1. The molecule has 86 valence electrons. The molecule has 0 spiro atoms. The van der Waals surface area contributed by atoms with Gasteiger partial charge in [-0.15, -0.1) is 11.3 Å². The van der Waals surface area contributed by atoms with E-state index < -0.39 is 0 Å². The summed E-state index contributed by atoms with van der Waals surface area (Å²) >= 11 is 1.83. The second-order valence-corrected chi connectivity index (χ2v) is 5.33. The Kier molecular flexibility index (Phi) is 5.26. The van der Waals surface area contributed by atoms with E-state index in [1.807, 2.05) is 11.3 Å². The van der Waals surface area contributed by atoms with Crippen molar-refractivity contribution in [1.82, 2.24) is 10.3 Å². The van der Waals surface area contributed by atoms with Crippen LogP contribution < -0.4 is 5.32 Å². The first kappa shape index (κ1) is 12.7. The van der Waals surface area contributed by atoms with Gasteiger partial charge in [-0.2, -0.15) is 0 Å². The minimum Gasteiger partial charge on any atom is -0.309 e. The summed E-state index contributed by atoms with van der Waals surface area (Å²) in [6, 6.07) is 0.599. The normalized spacial score (nSPS) is 13.1. The lowest BCUT2D eigenvalue weighted by Gasteiger charge is -2.10. The zero-order valence-corrected chi connectivity index (χ0v) is 11.1. The van der Waals surface area contributed by atoms with Crippen LogP contribution in [-0.4, -0.2) is 11.0 Å². The van der Waals surface area contributed by atoms with Crippen molar-refractivity contribution in [1.29, 1.82) is 0 Å². The zero-order chi connectivity index (χ0) is 11.3. The van der Waals surface area contributed by atoms with E-state index in [9.17, 15) is 0 Å². The molecule has 0 aliphatic heterocycles. The molecule has 1 atom stereocenters. The van der Waals surface area contributed by atoms with Crippen LogP contribution >= 0.6 is 11.3 Å². The maximum absolute atomic E-state index is 4.58. The predicted molar refractivity (Wildman–Crippen MR) is 67.4 cm³/mol. The number of rotatable bonds is 6. The highest BCUT2D eigenvalue weighted by Crippen LogP contribution is 2.19. The Hall–Kier alpha value is -0.410. The summed E-state index contributed by atoms with van der Waals surface area (Å²) < 4.78 is 0. The van der Waals surface area contributed by atoms with Crippen LogP contribution in [-0.2, 0) is 13.0 Å². The smallest absolute Gasteiger partial charge is 0.0900 e. The van der Waals surface area contributed by atoms with E-state index in [-0.39, 0.29) is 0 Å². The van der Waals surface area contributed by atoms with Crippen LogP contribution in [0.15, 0.2) is 0 Å². The SMILES string of the molecule is CCCc1nc(C)sc1CNC(C)CC. The quantitative estimate of drug-likeness (QED) is 0.805. The Morgan fingerprint density at radius 1 is 1.40 bits per heavy atom. The molecule has 3 heteroatoms. The van der Waals surface area contributed by atoms with E-state index >= 15 is 0 Å². The Morgan fingerprint density at radius 2 is 2.13 bits per heavy atom. The largest absolute Gasteiger partial charge is 0.309 e. The van der Waals surface area contributed by atoms with Crippen LogP contribution in [0.5, 0.6) is 0 Å². The molecule has 0 saturated heterocycles. The summed E-state index contributed by atoms with van der Waals surface area (Å²) in [5.74, 6) is 0. The Bertz CT molecular complexity index is 294. The summed E-state index contributed by atoms with van der Waals surface area (Å²) in [5, 5.41) is 4.73. The fourth-order valence-electron chi connectivity index (χ4n) is 1.49. The Labute approximate surface area is 97.1 Å².